The van der Waals surface area contributed by atoms with Crippen LogP contribution in [-0.2, 0) is 4.74 Å². The van der Waals surface area contributed by atoms with Crippen LogP contribution in [0.25, 0.3) is 0 Å². The number of rotatable bonds is 1. The highest BCUT2D eigenvalue weighted by atomic mass is 32.2. The molecule has 0 bridgehead atoms. The summed E-state index contributed by atoms with van der Waals surface area (Å²) in [5.74, 6) is 4.00. The zero-order valence-electron chi connectivity index (χ0n) is 11.6. The second-order valence-corrected chi connectivity index (χ2v) is 8.06. The predicted molar refractivity (Wildman–Crippen MR) is 77.9 cm³/mol. The Morgan fingerprint density at radius 1 is 1.22 bits per heavy atom. The first-order valence-corrected chi connectivity index (χ1v) is 8.78. The van der Waals surface area contributed by atoms with Crippen LogP contribution in [0.15, 0.2) is 0 Å². The van der Waals surface area contributed by atoms with Crippen LogP contribution >= 0.6 is 11.8 Å². The molecule has 2 N–H and O–H groups in total. The largest absolute Gasteiger partial charge is 0.374 e. The van der Waals surface area contributed by atoms with Crippen LogP contribution in [0.4, 0.5) is 0 Å². The monoisotopic (exact) mass is 269 g/mol. The zero-order valence-corrected chi connectivity index (χ0v) is 12.4. The van der Waals surface area contributed by atoms with Crippen molar-refractivity contribution in [1.82, 2.24) is 0 Å². The van der Waals surface area contributed by atoms with Gasteiger partial charge in [0.05, 0.1) is 5.60 Å². The van der Waals surface area contributed by atoms with Crippen molar-refractivity contribution in [3.05, 3.63) is 0 Å². The molecule has 3 fully saturated rings. The molecule has 1 saturated carbocycles. The third-order valence-electron chi connectivity index (χ3n) is 5.44. The normalized spacial score (nSPS) is 49.7. The Morgan fingerprint density at radius 3 is 2.83 bits per heavy atom. The Hall–Kier alpha value is 0.270. The van der Waals surface area contributed by atoms with Crippen LogP contribution in [0.1, 0.15) is 51.9 Å². The fraction of sp³-hybridized carbons (Fsp3) is 1.00. The predicted octanol–water partition coefficient (Wildman–Crippen LogP) is 3.20. The third-order valence-corrected chi connectivity index (χ3v) is 6.66. The molecule has 104 valence electrons. The van der Waals surface area contributed by atoms with Gasteiger partial charge in [0.2, 0.25) is 0 Å². The van der Waals surface area contributed by atoms with E-state index in [9.17, 15) is 0 Å². The molecule has 3 aliphatic rings. The standard InChI is InChI=1S/C15H27NOS/c1-12-3-2-5-15(16,9-12)13-4-7-17-14(10-13)6-8-18-11-14/h12-13H,2-11,16H2,1H3. The Labute approximate surface area is 115 Å². The smallest absolute Gasteiger partial charge is 0.0783 e. The highest BCUT2D eigenvalue weighted by Gasteiger charge is 2.47. The molecule has 2 nitrogen and oxygen atoms in total. The maximum Gasteiger partial charge on any atom is 0.0783 e. The summed E-state index contributed by atoms with van der Waals surface area (Å²) in [6, 6.07) is 0. The molecule has 0 aromatic carbocycles. The Balaban J connectivity index is 1.71. The van der Waals surface area contributed by atoms with Crippen molar-refractivity contribution >= 4 is 11.8 Å². The molecule has 3 heteroatoms. The molecule has 1 aliphatic carbocycles. The van der Waals surface area contributed by atoms with Gasteiger partial charge < -0.3 is 10.5 Å². The van der Waals surface area contributed by atoms with Crippen LogP contribution in [0, 0.1) is 11.8 Å². The molecular weight excluding hydrogens is 242 g/mol. The summed E-state index contributed by atoms with van der Waals surface area (Å²) in [5.41, 5.74) is 7.12. The van der Waals surface area contributed by atoms with E-state index in [4.69, 9.17) is 10.5 Å². The van der Waals surface area contributed by atoms with E-state index in [1.165, 1.54) is 56.5 Å². The molecule has 2 heterocycles. The van der Waals surface area contributed by atoms with E-state index < -0.39 is 0 Å². The van der Waals surface area contributed by atoms with Gasteiger partial charge in [0.1, 0.15) is 0 Å². The van der Waals surface area contributed by atoms with E-state index in [1.807, 2.05) is 0 Å². The van der Waals surface area contributed by atoms with Gasteiger partial charge in [0.15, 0.2) is 0 Å². The lowest BCUT2D eigenvalue weighted by Crippen LogP contribution is -2.55. The topological polar surface area (TPSA) is 35.2 Å². The molecule has 0 amide bonds. The average Bonchev–Trinajstić information content (AvgIpc) is 2.77. The summed E-state index contributed by atoms with van der Waals surface area (Å²) >= 11 is 2.06. The second kappa shape index (κ2) is 4.99. The molecule has 4 unspecified atom stereocenters. The van der Waals surface area contributed by atoms with Gasteiger partial charge in [-0.15, -0.1) is 0 Å². The SMILES string of the molecule is CC1CCCC(N)(C2CCOC3(CCSC3)C2)C1. The molecule has 0 aromatic heterocycles. The molecular formula is C15H27NOS. The maximum absolute atomic E-state index is 6.81. The minimum atomic E-state index is 0.113. The van der Waals surface area contributed by atoms with Gasteiger partial charge in [-0.1, -0.05) is 19.8 Å². The van der Waals surface area contributed by atoms with Crippen LogP contribution < -0.4 is 5.73 Å². The lowest BCUT2D eigenvalue weighted by Gasteiger charge is -2.48. The lowest BCUT2D eigenvalue weighted by atomic mass is 9.65. The van der Waals surface area contributed by atoms with Crippen molar-refractivity contribution in [1.29, 1.82) is 0 Å². The van der Waals surface area contributed by atoms with E-state index in [2.05, 4.69) is 18.7 Å². The first-order chi connectivity index (χ1) is 8.62. The van der Waals surface area contributed by atoms with Gasteiger partial charge in [-0.2, -0.15) is 11.8 Å². The fourth-order valence-corrected chi connectivity index (χ4v) is 5.76. The summed E-state index contributed by atoms with van der Waals surface area (Å²) in [5, 5.41) is 0. The summed E-state index contributed by atoms with van der Waals surface area (Å²) in [6.07, 6.45) is 8.85. The van der Waals surface area contributed by atoms with Crippen LogP contribution in [-0.4, -0.2) is 29.3 Å². The number of hydrogen-bond donors (Lipinski definition) is 1. The molecule has 18 heavy (non-hydrogen) atoms. The number of ether oxygens (including phenoxy) is 1. The van der Waals surface area contributed by atoms with Crippen molar-refractivity contribution in [3.8, 4) is 0 Å². The minimum Gasteiger partial charge on any atom is -0.374 e. The van der Waals surface area contributed by atoms with Gasteiger partial charge in [0.25, 0.3) is 0 Å². The highest BCUT2D eigenvalue weighted by molar-refractivity contribution is 7.99. The Bertz CT molecular complexity index is 303. The summed E-state index contributed by atoms with van der Waals surface area (Å²) < 4.78 is 6.14. The third kappa shape index (κ3) is 2.46. The quantitative estimate of drug-likeness (QED) is 0.794. The van der Waals surface area contributed by atoms with Gasteiger partial charge in [-0.3, -0.25) is 0 Å². The average molecular weight is 269 g/mol. The van der Waals surface area contributed by atoms with Crippen LogP contribution in [0.5, 0.6) is 0 Å². The first kappa shape index (κ1) is 13.3. The zero-order chi connectivity index (χ0) is 12.6. The van der Waals surface area contributed by atoms with Gasteiger partial charge in [-0.05, 0) is 49.7 Å². The van der Waals surface area contributed by atoms with Crippen molar-refractivity contribution < 1.29 is 4.74 Å². The lowest BCUT2D eigenvalue weighted by molar-refractivity contribution is -0.0971. The molecule has 2 aliphatic heterocycles. The van der Waals surface area contributed by atoms with Crippen molar-refractivity contribution in [2.45, 2.75) is 63.0 Å². The molecule has 0 aromatic rings. The van der Waals surface area contributed by atoms with E-state index in [0.717, 1.165) is 12.5 Å². The summed E-state index contributed by atoms with van der Waals surface area (Å²) in [7, 11) is 0. The molecule has 3 rings (SSSR count). The van der Waals surface area contributed by atoms with E-state index in [0.29, 0.717) is 5.92 Å². The van der Waals surface area contributed by atoms with Crippen LogP contribution in [0.2, 0.25) is 0 Å². The van der Waals surface area contributed by atoms with Crippen molar-refractivity contribution in [3.63, 3.8) is 0 Å². The van der Waals surface area contributed by atoms with Gasteiger partial charge in [0, 0.05) is 17.9 Å². The summed E-state index contributed by atoms with van der Waals surface area (Å²) in [6.45, 7) is 3.32. The molecule has 0 radical (unpaired) electrons. The van der Waals surface area contributed by atoms with E-state index in [1.54, 1.807) is 0 Å². The summed E-state index contributed by atoms with van der Waals surface area (Å²) in [4.78, 5) is 0. The fourth-order valence-electron chi connectivity index (χ4n) is 4.39. The first-order valence-electron chi connectivity index (χ1n) is 7.63. The minimum absolute atomic E-state index is 0.113. The number of hydrogen-bond acceptors (Lipinski definition) is 3. The second-order valence-electron chi connectivity index (χ2n) is 6.96. The molecule has 1 spiro atoms. The van der Waals surface area contributed by atoms with Gasteiger partial charge >= 0.3 is 0 Å². The van der Waals surface area contributed by atoms with Crippen LogP contribution in [0.3, 0.4) is 0 Å². The van der Waals surface area contributed by atoms with Gasteiger partial charge in [-0.25, -0.2) is 0 Å². The maximum atomic E-state index is 6.81. The highest BCUT2D eigenvalue weighted by Crippen LogP contribution is 2.46. The molecule has 4 atom stereocenters. The Morgan fingerprint density at radius 2 is 2.11 bits per heavy atom. The number of nitrogens with two attached hydrogens (primary N) is 1. The van der Waals surface area contributed by atoms with Crippen molar-refractivity contribution in [2.24, 2.45) is 17.6 Å². The van der Waals surface area contributed by atoms with E-state index in [-0.39, 0.29) is 11.1 Å². The Kier molecular flexibility index (Phi) is 3.68. The van der Waals surface area contributed by atoms with Crippen molar-refractivity contribution in [2.75, 3.05) is 18.1 Å². The number of thioether (sulfide) groups is 1. The molecule has 2 saturated heterocycles. The van der Waals surface area contributed by atoms with E-state index >= 15 is 0 Å².